The number of aromatic nitrogens is 2. The van der Waals surface area contributed by atoms with E-state index in [-0.39, 0.29) is 27.1 Å². The molecule has 0 aliphatic carbocycles. The summed E-state index contributed by atoms with van der Waals surface area (Å²) in [4.78, 5) is 11.5. The van der Waals surface area contributed by atoms with Gasteiger partial charge in [0.15, 0.2) is 0 Å². The summed E-state index contributed by atoms with van der Waals surface area (Å²) in [7, 11) is 3.22. The molecule has 0 spiro atoms. The molecule has 2 heterocycles. The maximum atomic E-state index is 7.44. The molecule has 4 aromatic rings. The Morgan fingerprint density at radius 3 is 2.66 bits per heavy atom. The number of nitrogens with zero attached hydrogens (tertiary/aromatic N) is 2. The van der Waals surface area contributed by atoms with Crippen LogP contribution in [0.3, 0.4) is 0 Å². The van der Waals surface area contributed by atoms with Gasteiger partial charge in [0.25, 0.3) is 0 Å². The van der Waals surface area contributed by atoms with Crippen LogP contribution in [-0.2, 0) is 6.54 Å². The number of rotatable bonds is 8. The second-order valence-corrected chi connectivity index (χ2v) is 9.44. The first-order valence-electron chi connectivity index (χ1n) is 11.8. The molecule has 7 heteroatoms. The number of benzene rings is 2. The molecule has 32 heavy (non-hydrogen) atoms. The van der Waals surface area contributed by atoms with Crippen molar-refractivity contribution in [3.63, 3.8) is 0 Å². The molecule has 2 aromatic carbocycles. The van der Waals surface area contributed by atoms with E-state index in [9.17, 15) is 0 Å². The van der Waals surface area contributed by atoms with Gasteiger partial charge in [0.2, 0.25) is 0 Å². The average Bonchev–Trinajstić information content (AvgIpc) is 3.32. The summed E-state index contributed by atoms with van der Waals surface area (Å²) in [5.74, 6) is 2.66. The fourth-order valence-electron chi connectivity index (χ4n) is 3.73. The monoisotopic (exact) mass is 499 g/mol. The van der Waals surface area contributed by atoms with Gasteiger partial charge in [-0.05, 0) is 0 Å². The van der Waals surface area contributed by atoms with Gasteiger partial charge < -0.3 is 0 Å². The molecule has 2 aromatic heterocycles. The van der Waals surface area contributed by atoms with E-state index in [4.69, 9.17) is 13.6 Å². The first-order chi connectivity index (χ1) is 16.7. The van der Waals surface area contributed by atoms with Crippen LogP contribution >= 0.6 is 0 Å². The van der Waals surface area contributed by atoms with Crippen LogP contribution in [0.2, 0.25) is 0 Å². The van der Waals surface area contributed by atoms with Crippen LogP contribution in [0.5, 0.6) is 11.5 Å². The number of fused-ring (bicyclic) bond motifs is 1. The van der Waals surface area contributed by atoms with E-state index < -0.39 is 6.98 Å². The predicted octanol–water partition coefficient (Wildman–Crippen LogP) is 4.57. The topological polar surface area (TPSA) is 68.3 Å². The van der Waals surface area contributed by atoms with Crippen molar-refractivity contribution in [2.45, 2.75) is 26.4 Å². The molecule has 2 N–H and O–H groups in total. The number of aryl methyl sites for hydroxylation is 1. The van der Waals surface area contributed by atoms with E-state index in [2.05, 4.69) is 38.5 Å². The Bertz CT molecular complexity index is 1340. The molecule has 1 atom stereocenters. The summed E-state index contributed by atoms with van der Waals surface area (Å²) in [5.41, 5.74) is 3.91. The molecule has 0 radical (unpaired) electrons. The van der Waals surface area contributed by atoms with Gasteiger partial charge in [-0.15, -0.1) is 0 Å². The van der Waals surface area contributed by atoms with Gasteiger partial charge >= 0.3 is 199 Å². The predicted molar refractivity (Wildman–Crippen MR) is 131 cm³/mol. The number of nitrogens with one attached hydrogen (secondary N) is 2. The van der Waals surface area contributed by atoms with Crippen LogP contribution < -0.4 is 20.1 Å². The molecule has 4 rings (SSSR count). The minimum absolute atomic E-state index is 0.0435. The fraction of sp³-hybridized carbons (Fsp3) is 0.280. The van der Waals surface area contributed by atoms with Gasteiger partial charge in [0, 0.05) is 0 Å². The second-order valence-electron chi connectivity index (χ2n) is 7.46. The molecule has 166 valence electrons. The Kier molecular flexibility index (Phi) is 5.69. The van der Waals surface area contributed by atoms with Gasteiger partial charge in [0.1, 0.15) is 0 Å². The van der Waals surface area contributed by atoms with Crippen molar-refractivity contribution in [3.05, 3.63) is 63.2 Å². The first-order valence-corrected chi connectivity index (χ1v) is 12.1. The zero-order chi connectivity index (χ0) is 25.2. The molecular formula is C25H28N4O2Se. The van der Waals surface area contributed by atoms with Crippen molar-refractivity contribution in [1.29, 1.82) is 0 Å². The third-order valence-corrected chi connectivity index (χ3v) is 7.66. The van der Waals surface area contributed by atoms with Gasteiger partial charge in [-0.3, -0.25) is 0 Å². The van der Waals surface area contributed by atoms with E-state index in [1.54, 1.807) is 14.2 Å². The Hall–Kier alpha value is -2.86. The normalized spacial score (nSPS) is 13.8. The third kappa shape index (κ3) is 4.51. The summed E-state index contributed by atoms with van der Waals surface area (Å²) >= 11 is 0.158. The standard InChI is InChI=1S/C25H28N4O2Se/c1-15(24-10-18(14-32-24)19-9-7-6-8-17(19)13-26-3)27-25-20-11-22(30-4)23(31-5)12-21(20)28-16(2)29-25/h6-12,14-15,26H,13H2,1-5H3,(H,27,28,29)/t15-/m1/s1/i3D3. The molecule has 0 aliphatic heterocycles. The van der Waals surface area contributed by atoms with E-state index >= 15 is 0 Å². The van der Waals surface area contributed by atoms with Crippen LogP contribution in [0.15, 0.2) is 47.4 Å². The van der Waals surface area contributed by atoms with Crippen LogP contribution in [0.1, 0.15) is 32.9 Å². The van der Waals surface area contributed by atoms with E-state index in [1.807, 2.05) is 43.3 Å². The number of ether oxygens (including phenoxy) is 2. The Morgan fingerprint density at radius 2 is 1.88 bits per heavy atom. The zero-order valence-corrected chi connectivity index (χ0v) is 20.2. The molecule has 0 unspecified atom stereocenters. The second kappa shape index (κ2) is 9.74. The SMILES string of the molecule is [2H]C([2H])([2H])NCc1ccccc1-c1c[se]c([C@@H](C)Nc2nc(C)nc3cc(OC)c(OC)cc23)c1. The maximum absolute atomic E-state index is 7.44. The summed E-state index contributed by atoms with van der Waals surface area (Å²) in [6, 6.07) is 13.9. The van der Waals surface area contributed by atoms with E-state index in [1.165, 1.54) is 4.44 Å². The van der Waals surface area contributed by atoms with Gasteiger partial charge in [0.05, 0.1) is 0 Å². The molecule has 0 saturated carbocycles. The molecule has 0 bridgehead atoms. The van der Waals surface area contributed by atoms with Crippen LogP contribution in [0.4, 0.5) is 5.82 Å². The van der Waals surface area contributed by atoms with Crippen molar-refractivity contribution in [1.82, 2.24) is 15.3 Å². The Morgan fingerprint density at radius 1 is 1.09 bits per heavy atom. The van der Waals surface area contributed by atoms with Gasteiger partial charge in [-0.25, -0.2) is 0 Å². The van der Waals surface area contributed by atoms with Gasteiger partial charge in [-0.2, -0.15) is 0 Å². The first kappa shape index (κ1) is 18.7. The molecular weight excluding hydrogens is 467 g/mol. The number of methoxy groups -OCH3 is 2. The average molecular weight is 499 g/mol. The van der Waals surface area contributed by atoms with E-state index in [0.717, 1.165) is 33.4 Å². The molecule has 6 nitrogen and oxygen atoms in total. The zero-order valence-electron chi connectivity index (χ0n) is 21.5. The van der Waals surface area contributed by atoms with Crippen LogP contribution in [-0.4, -0.2) is 45.7 Å². The van der Waals surface area contributed by atoms with Crippen LogP contribution in [0.25, 0.3) is 22.0 Å². The number of hydrogen-bond donors (Lipinski definition) is 2. The van der Waals surface area contributed by atoms with Crippen LogP contribution in [0, 0.1) is 6.92 Å². The number of hydrogen-bond acceptors (Lipinski definition) is 6. The Balaban J connectivity index is 1.62. The molecule has 0 amide bonds. The van der Waals surface area contributed by atoms with Crippen molar-refractivity contribution in [2.24, 2.45) is 0 Å². The molecule has 0 fully saturated rings. The van der Waals surface area contributed by atoms with E-state index in [0.29, 0.717) is 17.3 Å². The van der Waals surface area contributed by atoms with Crippen molar-refractivity contribution >= 4 is 31.2 Å². The summed E-state index contributed by atoms with van der Waals surface area (Å²) in [6.45, 7) is 2.10. The quantitative estimate of drug-likeness (QED) is 0.347. The van der Waals surface area contributed by atoms with Crippen molar-refractivity contribution < 1.29 is 13.6 Å². The number of anilines is 1. The summed E-state index contributed by atoms with van der Waals surface area (Å²) in [5, 5.41) is 7.05. The summed E-state index contributed by atoms with van der Waals surface area (Å²) in [6.07, 6.45) is 0. The van der Waals surface area contributed by atoms with Crippen molar-refractivity contribution in [3.8, 4) is 22.6 Å². The van der Waals surface area contributed by atoms with Gasteiger partial charge in [-0.1, -0.05) is 0 Å². The van der Waals surface area contributed by atoms with Crippen molar-refractivity contribution in [2.75, 3.05) is 26.5 Å². The Labute approximate surface area is 199 Å². The molecule has 0 saturated heterocycles. The summed E-state index contributed by atoms with van der Waals surface area (Å²) < 4.78 is 34.5. The minimum atomic E-state index is -2.17. The third-order valence-electron chi connectivity index (χ3n) is 5.32. The molecule has 0 aliphatic rings. The fourth-order valence-corrected chi connectivity index (χ4v) is 5.65.